The second-order valence-electron chi connectivity index (χ2n) is 4.85. The maximum absolute atomic E-state index is 5.65. The van der Waals surface area contributed by atoms with Crippen molar-refractivity contribution in [3.63, 3.8) is 0 Å². The predicted octanol–water partition coefficient (Wildman–Crippen LogP) is 1.26. The van der Waals surface area contributed by atoms with E-state index in [1.807, 2.05) is 12.1 Å². The molecule has 0 bridgehead atoms. The first kappa shape index (κ1) is 12.6. The molecule has 0 amide bonds. The van der Waals surface area contributed by atoms with E-state index in [1.165, 1.54) is 6.42 Å². The normalized spacial score (nSPS) is 23.1. The van der Waals surface area contributed by atoms with Crippen LogP contribution in [0.4, 0.5) is 0 Å². The number of piperazine rings is 1. The quantitative estimate of drug-likeness (QED) is 0.856. The summed E-state index contributed by atoms with van der Waals surface area (Å²) in [5.74, 6) is 1.91. The minimum Gasteiger partial charge on any atom is -0.463 e. The number of furan rings is 1. The van der Waals surface area contributed by atoms with Crippen LogP contribution in [0.3, 0.4) is 0 Å². The molecule has 17 heavy (non-hydrogen) atoms. The summed E-state index contributed by atoms with van der Waals surface area (Å²) in [7, 11) is 2.21. The fraction of sp³-hybridized carbons (Fsp3) is 0.692. The number of nitrogens with two attached hydrogens (primary N) is 1. The minimum absolute atomic E-state index is 0.486. The van der Waals surface area contributed by atoms with Crippen molar-refractivity contribution in [2.75, 3.05) is 26.7 Å². The molecular weight excluding hydrogens is 214 g/mol. The average Bonchev–Trinajstić information content (AvgIpc) is 2.79. The maximum Gasteiger partial charge on any atom is 0.118 e. The van der Waals surface area contributed by atoms with Crippen LogP contribution in [0.1, 0.15) is 24.9 Å². The molecule has 2 N–H and O–H groups in total. The van der Waals surface area contributed by atoms with E-state index >= 15 is 0 Å². The first-order chi connectivity index (χ1) is 8.22. The molecule has 0 radical (unpaired) electrons. The third-order valence-corrected chi connectivity index (χ3v) is 3.63. The molecule has 96 valence electrons. The van der Waals surface area contributed by atoms with Crippen molar-refractivity contribution in [1.29, 1.82) is 0 Å². The molecule has 4 nitrogen and oxygen atoms in total. The summed E-state index contributed by atoms with van der Waals surface area (Å²) < 4.78 is 5.65. The van der Waals surface area contributed by atoms with E-state index in [-0.39, 0.29) is 0 Å². The Kier molecular flexibility index (Phi) is 4.20. The molecular formula is C13H23N3O. The van der Waals surface area contributed by atoms with Gasteiger partial charge in [0.25, 0.3) is 0 Å². The van der Waals surface area contributed by atoms with E-state index in [1.54, 1.807) is 0 Å². The van der Waals surface area contributed by atoms with E-state index < -0.39 is 0 Å². The van der Waals surface area contributed by atoms with Crippen molar-refractivity contribution in [2.45, 2.75) is 32.5 Å². The molecule has 1 saturated heterocycles. The summed E-state index contributed by atoms with van der Waals surface area (Å²) in [5.41, 5.74) is 5.54. The highest BCUT2D eigenvalue weighted by Gasteiger charge is 2.23. The Balaban J connectivity index is 1.90. The summed E-state index contributed by atoms with van der Waals surface area (Å²) in [5, 5.41) is 0. The molecule has 1 aliphatic heterocycles. The highest BCUT2D eigenvalue weighted by atomic mass is 16.3. The minimum atomic E-state index is 0.486. The Labute approximate surface area is 103 Å². The zero-order chi connectivity index (χ0) is 12.3. The van der Waals surface area contributed by atoms with Gasteiger partial charge in [0.1, 0.15) is 11.5 Å². The van der Waals surface area contributed by atoms with E-state index in [0.717, 1.165) is 37.7 Å². The Bertz CT molecular complexity index is 350. The van der Waals surface area contributed by atoms with Crippen LogP contribution in [0.15, 0.2) is 16.5 Å². The van der Waals surface area contributed by atoms with Gasteiger partial charge in [-0.3, -0.25) is 4.90 Å². The standard InChI is InChI=1S/C13H23N3O/c1-3-11-9-16(7-6-15(11)2)10-13-5-4-12(8-14)17-13/h4-5,11H,3,6-10,14H2,1-2H3. The SMILES string of the molecule is CCC1CN(Cc2ccc(CN)o2)CCN1C. The highest BCUT2D eigenvalue weighted by molar-refractivity contribution is 5.07. The van der Waals surface area contributed by atoms with Gasteiger partial charge in [-0.2, -0.15) is 0 Å². The van der Waals surface area contributed by atoms with Gasteiger partial charge >= 0.3 is 0 Å². The zero-order valence-corrected chi connectivity index (χ0v) is 10.9. The molecule has 2 heterocycles. The first-order valence-electron chi connectivity index (χ1n) is 6.43. The molecule has 0 aliphatic carbocycles. The van der Waals surface area contributed by atoms with Crippen LogP contribution >= 0.6 is 0 Å². The van der Waals surface area contributed by atoms with E-state index in [0.29, 0.717) is 12.6 Å². The lowest BCUT2D eigenvalue weighted by molar-refractivity contribution is 0.0833. The van der Waals surface area contributed by atoms with Crippen molar-refractivity contribution < 1.29 is 4.42 Å². The lowest BCUT2D eigenvalue weighted by Crippen LogP contribution is -2.50. The highest BCUT2D eigenvalue weighted by Crippen LogP contribution is 2.15. The fourth-order valence-corrected chi connectivity index (χ4v) is 2.43. The molecule has 1 fully saturated rings. The van der Waals surface area contributed by atoms with Crippen molar-refractivity contribution in [3.05, 3.63) is 23.7 Å². The molecule has 1 aromatic rings. The largest absolute Gasteiger partial charge is 0.463 e. The lowest BCUT2D eigenvalue weighted by Gasteiger charge is -2.38. The van der Waals surface area contributed by atoms with Gasteiger partial charge in [0.05, 0.1) is 13.1 Å². The van der Waals surface area contributed by atoms with Gasteiger partial charge < -0.3 is 15.1 Å². The molecule has 1 atom stereocenters. The monoisotopic (exact) mass is 237 g/mol. The third kappa shape index (κ3) is 3.09. The molecule has 2 rings (SSSR count). The summed E-state index contributed by atoms with van der Waals surface area (Å²) >= 11 is 0. The summed E-state index contributed by atoms with van der Waals surface area (Å²) in [6, 6.07) is 4.69. The van der Waals surface area contributed by atoms with Crippen LogP contribution < -0.4 is 5.73 Å². The van der Waals surface area contributed by atoms with E-state index in [2.05, 4.69) is 23.8 Å². The lowest BCUT2D eigenvalue weighted by atomic mass is 10.1. The van der Waals surface area contributed by atoms with Gasteiger partial charge in [-0.15, -0.1) is 0 Å². The molecule has 0 saturated carbocycles. The number of rotatable bonds is 4. The summed E-state index contributed by atoms with van der Waals surface area (Å²) in [6.45, 7) is 7.04. The number of hydrogen-bond acceptors (Lipinski definition) is 4. The van der Waals surface area contributed by atoms with Crippen LogP contribution in [0.5, 0.6) is 0 Å². The summed E-state index contributed by atoms with van der Waals surface area (Å²) in [4.78, 5) is 4.91. The van der Waals surface area contributed by atoms with E-state index in [4.69, 9.17) is 10.2 Å². The van der Waals surface area contributed by atoms with E-state index in [9.17, 15) is 0 Å². The number of nitrogens with zero attached hydrogens (tertiary/aromatic N) is 2. The topological polar surface area (TPSA) is 45.6 Å². The van der Waals surface area contributed by atoms with Gasteiger partial charge in [-0.25, -0.2) is 0 Å². The Morgan fingerprint density at radius 1 is 1.35 bits per heavy atom. The van der Waals surface area contributed by atoms with Crippen LogP contribution in [0.2, 0.25) is 0 Å². The smallest absolute Gasteiger partial charge is 0.118 e. The summed E-state index contributed by atoms with van der Waals surface area (Å²) in [6.07, 6.45) is 1.21. The molecule has 4 heteroatoms. The number of likely N-dealkylation sites (N-methyl/N-ethyl adjacent to an activating group) is 1. The molecule has 1 aromatic heterocycles. The van der Waals surface area contributed by atoms with Crippen LogP contribution in [0.25, 0.3) is 0 Å². The Morgan fingerprint density at radius 2 is 2.12 bits per heavy atom. The molecule has 1 unspecified atom stereocenters. The maximum atomic E-state index is 5.65. The number of hydrogen-bond donors (Lipinski definition) is 1. The zero-order valence-electron chi connectivity index (χ0n) is 10.9. The Hall–Kier alpha value is -0.840. The molecule has 0 aromatic carbocycles. The molecule has 1 aliphatic rings. The first-order valence-corrected chi connectivity index (χ1v) is 6.43. The van der Waals surface area contributed by atoms with Gasteiger partial charge in [0, 0.05) is 25.7 Å². The van der Waals surface area contributed by atoms with Crippen LogP contribution in [-0.4, -0.2) is 42.5 Å². The van der Waals surface area contributed by atoms with Gasteiger partial charge in [-0.1, -0.05) is 6.92 Å². The average molecular weight is 237 g/mol. The van der Waals surface area contributed by atoms with Crippen molar-refractivity contribution in [2.24, 2.45) is 5.73 Å². The predicted molar refractivity (Wildman–Crippen MR) is 68.6 cm³/mol. The van der Waals surface area contributed by atoms with Crippen molar-refractivity contribution in [3.8, 4) is 0 Å². The van der Waals surface area contributed by atoms with Crippen molar-refractivity contribution >= 4 is 0 Å². The fourth-order valence-electron chi connectivity index (χ4n) is 2.43. The molecule has 0 spiro atoms. The van der Waals surface area contributed by atoms with Gasteiger partial charge in [0.15, 0.2) is 0 Å². The van der Waals surface area contributed by atoms with Crippen LogP contribution in [0, 0.1) is 0 Å². The van der Waals surface area contributed by atoms with Gasteiger partial charge in [0.2, 0.25) is 0 Å². The van der Waals surface area contributed by atoms with Crippen molar-refractivity contribution in [1.82, 2.24) is 9.80 Å². The third-order valence-electron chi connectivity index (χ3n) is 3.63. The second-order valence-corrected chi connectivity index (χ2v) is 4.85. The van der Waals surface area contributed by atoms with Crippen LogP contribution in [-0.2, 0) is 13.1 Å². The second kappa shape index (κ2) is 5.67. The van der Waals surface area contributed by atoms with Gasteiger partial charge in [-0.05, 0) is 25.6 Å². The Morgan fingerprint density at radius 3 is 2.76 bits per heavy atom.